The summed E-state index contributed by atoms with van der Waals surface area (Å²) < 4.78 is 41.1. The molecule has 29 heavy (non-hydrogen) atoms. The minimum Gasteiger partial charge on any atom is -0.478 e. The van der Waals surface area contributed by atoms with Crippen molar-refractivity contribution in [1.29, 1.82) is 0 Å². The number of benzene rings is 2. The second-order valence-corrected chi connectivity index (χ2v) is 6.85. The molecule has 0 spiro atoms. The molecule has 1 aromatic heterocycles. The molecule has 5 nitrogen and oxygen atoms in total. The fraction of sp³-hybridized carbons (Fsp3) is 0.238. The van der Waals surface area contributed by atoms with Crippen molar-refractivity contribution < 1.29 is 27.8 Å². The first kappa shape index (κ1) is 20.4. The maximum Gasteiger partial charge on any atom is 0.573 e. The van der Waals surface area contributed by atoms with Gasteiger partial charge in [-0.05, 0) is 62.4 Å². The lowest BCUT2D eigenvalue weighted by molar-refractivity contribution is -0.274. The van der Waals surface area contributed by atoms with Crippen LogP contribution in [0.1, 0.15) is 24.2 Å². The second-order valence-electron chi connectivity index (χ2n) is 6.85. The summed E-state index contributed by atoms with van der Waals surface area (Å²) in [6.45, 7) is 3.98. The van der Waals surface area contributed by atoms with Crippen molar-refractivity contribution in [3.05, 3.63) is 54.1 Å². The molecule has 152 valence electrons. The van der Waals surface area contributed by atoms with Crippen LogP contribution in [-0.4, -0.2) is 35.5 Å². The van der Waals surface area contributed by atoms with Gasteiger partial charge >= 0.3 is 12.3 Å². The van der Waals surface area contributed by atoms with Gasteiger partial charge in [0.2, 0.25) is 0 Å². The molecule has 0 amide bonds. The highest BCUT2D eigenvalue weighted by atomic mass is 19.4. The largest absolute Gasteiger partial charge is 0.573 e. The molecule has 1 N–H and O–H groups in total. The highest BCUT2D eigenvalue weighted by Gasteiger charge is 2.31. The van der Waals surface area contributed by atoms with Gasteiger partial charge in [0, 0.05) is 24.0 Å². The number of carboxylic acid groups (broad SMARTS) is 1. The number of nitrogens with zero attached hydrogens (tertiary/aromatic N) is 2. The van der Waals surface area contributed by atoms with E-state index in [1.165, 1.54) is 30.3 Å². The third-order valence-electron chi connectivity index (χ3n) is 4.56. The van der Waals surface area contributed by atoms with Crippen LogP contribution in [-0.2, 0) is 0 Å². The summed E-state index contributed by atoms with van der Waals surface area (Å²) in [5.74, 6) is -1.35. The van der Waals surface area contributed by atoms with E-state index in [0.717, 1.165) is 5.69 Å². The Balaban J connectivity index is 2.13. The first-order chi connectivity index (χ1) is 13.5. The van der Waals surface area contributed by atoms with E-state index < -0.39 is 12.3 Å². The van der Waals surface area contributed by atoms with Crippen LogP contribution in [0.2, 0.25) is 0 Å². The Kier molecular flexibility index (Phi) is 5.37. The fourth-order valence-electron chi connectivity index (χ4n) is 2.87. The Hall–Kier alpha value is -3.29. The molecule has 0 aliphatic heterocycles. The van der Waals surface area contributed by atoms with Crippen molar-refractivity contribution in [2.24, 2.45) is 0 Å². The number of hydrogen-bond donors (Lipinski definition) is 1. The van der Waals surface area contributed by atoms with Gasteiger partial charge in [-0.2, -0.15) is 0 Å². The molecular formula is C21H19F3N2O3. The van der Waals surface area contributed by atoms with Crippen LogP contribution in [0.5, 0.6) is 5.75 Å². The minimum atomic E-state index is -4.76. The monoisotopic (exact) mass is 404 g/mol. The van der Waals surface area contributed by atoms with E-state index in [9.17, 15) is 23.1 Å². The van der Waals surface area contributed by atoms with E-state index in [-0.39, 0.29) is 17.4 Å². The highest BCUT2D eigenvalue weighted by molar-refractivity contribution is 5.96. The van der Waals surface area contributed by atoms with Gasteiger partial charge < -0.3 is 14.7 Å². The topological polar surface area (TPSA) is 62.7 Å². The summed E-state index contributed by atoms with van der Waals surface area (Å²) in [5.41, 5.74) is 2.67. The molecule has 0 atom stereocenters. The first-order valence-corrected chi connectivity index (χ1v) is 8.82. The number of hydrogen-bond acceptors (Lipinski definition) is 4. The van der Waals surface area contributed by atoms with Gasteiger partial charge in [-0.25, -0.2) is 9.78 Å². The maximum absolute atomic E-state index is 12.4. The number of fused-ring (bicyclic) bond motifs is 1. The molecule has 0 aliphatic carbocycles. The second kappa shape index (κ2) is 7.62. The van der Waals surface area contributed by atoms with Crippen LogP contribution in [0.4, 0.5) is 18.9 Å². The zero-order chi connectivity index (χ0) is 21.3. The Morgan fingerprint density at radius 3 is 2.31 bits per heavy atom. The molecule has 3 aromatic rings. The van der Waals surface area contributed by atoms with Crippen LogP contribution in [0.15, 0.2) is 48.5 Å². The normalized spacial score (nSPS) is 11.7. The molecule has 8 heteroatoms. The van der Waals surface area contributed by atoms with Crippen LogP contribution >= 0.6 is 0 Å². The number of halogens is 3. The van der Waals surface area contributed by atoms with Crippen molar-refractivity contribution in [2.75, 3.05) is 11.9 Å². The van der Waals surface area contributed by atoms with E-state index in [4.69, 9.17) is 0 Å². The lowest BCUT2D eigenvalue weighted by atomic mass is 10.0. The van der Waals surface area contributed by atoms with Gasteiger partial charge in [0.15, 0.2) is 0 Å². The number of aromatic nitrogens is 1. The molecule has 0 aliphatic rings. The Bertz CT molecular complexity index is 1050. The van der Waals surface area contributed by atoms with Crippen molar-refractivity contribution in [2.45, 2.75) is 26.3 Å². The molecule has 0 saturated heterocycles. The highest BCUT2D eigenvalue weighted by Crippen LogP contribution is 2.34. The molecule has 1 heterocycles. The van der Waals surface area contributed by atoms with Crippen molar-refractivity contribution in [1.82, 2.24) is 4.98 Å². The zero-order valence-corrected chi connectivity index (χ0v) is 16.0. The average molecular weight is 404 g/mol. The number of carboxylic acids is 1. The number of carbonyl (C=O) groups is 1. The van der Waals surface area contributed by atoms with Crippen LogP contribution < -0.4 is 9.64 Å². The predicted molar refractivity (Wildman–Crippen MR) is 104 cm³/mol. The smallest absolute Gasteiger partial charge is 0.478 e. The number of pyridine rings is 1. The molecule has 0 saturated carbocycles. The number of aromatic carboxylic acids is 1. The molecule has 2 aromatic carbocycles. The summed E-state index contributed by atoms with van der Waals surface area (Å²) >= 11 is 0. The lowest BCUT2D eigenvalue weighted by Gasteiger charge is -2.26. The Morgan fingerprint density at radius 1 is 1.10 bits per heavy atom. The summed E-state index contributed by atoms with van der Waals surface area (Å²) in [7, 11) is 1.87. The Labute approximate surface area is 165 Å². The van der Waals surface area contributed by atoms with Crippen LogP contribution in [0, 0.1) is 0 Å². The zero-order valence-electron chi connectivity index (χ0n) is 16.0. The fourth-order valence-corrected chi connectivity index (χ4v) is 2.87. The van der Waals surface area contributed by atoms with E-state index >= 15 is 0 Å². The van der Waals surface area contributed by atoms with Gasteiger partial charge in [0.25, 0.3) is 0 Å². The minimum absolute atomic E-state index is 0.114. The lowest BCUT2D eigenvalue weighted by Crippen LogP contribution is -2.26. The molecule has 0 fully saturated rings. The van der Waals surface area contributed by atoms with E-state index in [0.29, 0.717) is 22.2 Å². The molecule has 0 bridgehead atoms. The Morgan fingerprint density at radius 2 is 1.76 bits per heavy atom. The predicted octanol–water partition coefficient (Wildman–Crippen LogP) is 5.34. The summed E-state index contributed by atoms with van der Waals surface area (Å²) in [6, 6.07) is 12.1. The van der Waals surface area contributed by atoms with Crippen molar-refractivity contribution in [3.63, 3.8) is 0 Å². The summed E-state index contributed by atoms with van der Waals surface area (Å²) in [5, 5.41) is 9.89. The van der Waals surface area contributed by atoms with Gasteiger partial charge in [-0.15, -0.1) is 13.2 Å². The van der Waals surface area contributed by atoms with Gasteiger partial charge in [0.1, 0.15) is 5.75 Å². The molecular weight excluding hydrogens is 385 g/mol. The third-order valence-corrected chi connectivity index (χ3v) is 4.56. The third kappa shape index (κ3) is 4.59. The van der Waals surface area contributed by atoms with Crippen molar-refractivity contribution in [3.8, 4) is 17.0 Å². The summed E-state index contributed by atoms with van der Waals surface area (Å²) in [6.07, 6.45) is -4.76. The van der Waals surface area contributed by atoms with Gasteiger partial charge in [-0.3, -0.25) is 0 Å². The number of anilines is 1. The molecule has 0 radical (unpaired) electrons. The number of alkyl halides is 3. The van der Waals surface area contributed by atoms with Gasteiger partial charge in [-0.1, -0.05) is 0 Å². The van der Waals surface area contributed by atoms with Crippen LogP contribution in [0.3, 0.4) is 0 Å². The van der Waals surface area contributed by atoms with Gasteiger partial charge in [0.05, 0.1) is 22.5 Å². The standard InChI is InChI=1S/C21H19F3N2O3/c1-12(2)26(3)18-11-15-10-14(20(27)28)6-9-17(15)25-19(18)13-4-7-16(8-5-13)29-21(22,23)24/h4-12H,1-3H3,(H,27,28). The molecule has 3 rings (SSSR count). The summed E-state index contributed by atoms with van der Waals surface area (Å²) in [4.78, 5) is 17.9. The SMILES string of the molecule is CC(C)N(C)c1cc2cc(C(=O)O)ccc2nc1-c1ccc(OC(F)(F)F)cc1. The van der Waals surface area contributed by atoms with Crippen molar-refractivity contribution >= 4 is 22.6 Å². The first-order valence-electron chi connectivity index (χ1n) is 8.82. The molecule has 0 unspecified atom stereocenters. The average Bonchev–Trinajstić information content (AvgIpc) is 2.65. The maximum atomic E-state index is 12.4. The van der Waals surface area contributed by atoms with E-state index in [2.05, 4.69) is 9.72 Å². The van der Waals surface area contributed by atoms with E-state index in [1.807, 2.05) is 31.9 Å². The quantitative estimate of drug-likeness (QED) is 0.622. The van der Waals surface area contributed by atoms with Crippen LogP contribution in [0.25, 0.3) is 22.2 Å². The van der Waals surface area contributed by atoms with E-state index in [1.54, 1.807) is 12.1 Å². The number of rotatable bonds is 5. The number of ether oxygens (including phenoxy) is 1.